The van der Waals surface area contributed by atoms with E-state index in [4.69, 9.17) is 16.3 Å². The van der Waals surface area contributed by atoms with Gasteiger partial charge in [0.15, 0.2) is 11.0 Å². The van der Waals surface area contributed by atoms with Gasteiger partial charge in [-0.25, -0.2) is 0 Å². The van der Waals surface area contributed by atoms with Gasteiger partial charge in [-0.1, -0.05) is 48.3 Å². The van der Waals surface area contributed by atoms with E-state index in [0.717, 1.165) is 18.4 Å². The molecule has 3 rings (SSSR count). The minimum Gasteiger partial charge on any atom is -0.484 e. The monoisotopic (exact) mass is 420 g/mol. The van der Waals surface area contributed by atoms with Crippen LogP contribution in [0.15, 0.2) is 36.0 Å². The standard InChI is InChI=1S/C20H25ClN4O2S/c1-3-10-25-18(12-27-17-11-14(2)8-9-16(17)21)23-24-20(25)28-13-19(26)22-15-6-4-5-7-15/h3,8-9,11,15H,1,4-7,10,12-13H2,2H3,(H,22,26). The Morgan fingerprint density at radius 1 is 1.43 bits per heavy atom. The zero-order valence-electron chi connectivity index (χ0n) is 16.0. The molecule has 0 aliphatic heterocycles. The Hall–Kier alpha value is -1.99. The highest BCUT2D eigenvalue weighted by Crippen LogP contribution is 2.26. The van der Waals surface area contributed by atoms with E-state index >= 15 is 0 Å². The fourth-order valence-electron chi connectivity index (χ4n) is 3.18. The minimum atomic E-state index is 0.0365. The lowest BCUT2D eigenvalue weighted by Crippen LogP contribution is -2.33. The summed E-state index contributed by atoms with van der Waals surface area (Å²) in [6, 6.07) is 5.95. The maximum absolute atomic E-state index is 12.2. The first-order valence-corrected chi connectivity index (χ1v) is 10.8. The lowest BCUT2D eigenvalue weighted by atomic mass is 10.2. The van der Waals surface area contributed by atoms with Gasteiger partial charge in [-0.05, 0) is 37.5 Å². The number of allylic oxidation sites excluding steroid dienone is 1. The first-order chi connectivity index (χ1) is 13.6. The molecule has 1 saturated carbocycles. The number of hydrogen-bond acceptors (Lipinski definition) is 5. The number of nitrogens with zero attached hydrogens (tertiary/aromatic N) is 3. The van der Waals surface area contributed by atoms with Gasteiger partial charge in [-0.15, -0.1) is 16.8 Å². The molecule has 1 aliphatic carbocycles. The van der Waals surface area contributed by atoms with Gasteiger partial charge in [0.25, 0.3) is 0 Å². The number of carbonyl (C=O) groups excluding carboxylic acids is 1. The molecule has 6 nitrogen and oxygen atoms in total. The molecule has 0 radical (unpaired) electrons. The Labute approximate surface area is 174 Å². The van der Waals surface area contributed by atoms with E-state index in [0.29, 0.717) is 40.1 Å². The number of carbonyl (C=O) groups is 1. The minimum absolute atomic E-state index is 0.0365. The molecule has 0 unspecified atom stereocenters. The predicted octanol–water partition coefficient (Wildman–Crippen LogP) is 4.16. The molecular weight excluding hydrogens is 396 g/mol. The van der Waals surface area contributed by atoms with Crippen molar-refractivity contribution in [1.82, 2.24) is 20.1 Å². The molecule has 1 aromatic carbocycles. The van der Waals surface area contributed by atoms with Gasteiger partial charge < -0.3 is 10.1 Å². The molecule has 0 atom stereocenters. The molecule has 2 aromatic rings. The van der Waals surface area contributed by atoms with Gasteiger partial charge >= 0.3 is 0 Å². The van der Waals surface area contributed by atoms with Crippen molar-refractivity contribution in [3.05, 3.63) is 47.3 Å². The average molecular weight is 421 g/mol. The van der Waals surface area contributed by atoms with E-state index in [2.05, 4.69) is 22.1 Å². The van der Waals surface area contributed by atoms with E-state index < -0.39 is 0 Å². The predicted molar refractivity (Wildman–Crippen MR) is 112 cm³/mol. The molecule has 0 saturated heterocycles. The third-order valence-corrected chi connectivity index (χ3v) is 5.88. The van der Waals surface area contributed by atoms with Crippen LogP contribution in [0.3, 0.4) is 0 Å². The molecule has 1 N–H and O–H groups in total. The maximum atomic E-state index is 12.2. The van der Waals surface area contributed by atoms with Crippen LogP contribution in [0, 0.1) is 6.92 Å². The fraction of sp³-hybridized carbons (Fsp3) is 0.450. The topological polar surface area (TPSA) is 69.0 Å². The fourth-order valence-corrected chi connectivity index (χ4v) is 4.13. The van der Waals surface area contributed by atoms with Crippen LogP contribution >= 0.6 is 23.4 Å². The Morgan fingerprint density at radius 3 is 2.96 bits per heavy atom. The van der Waals surface area contributed by atoms with Gasteiger partial charge in [0.05, 0.1) is 10.8 Å². The number of hydrogen-bond donors (Lipinski definition) is 1. The van der Waals surface area contributed by atoms with Crippen molar-refractivity contribution in [2.45, 2.75) is 57.0 Å². The second-order valence-corrected chi connectivity index (χ2v) is 8.21. The van der Waals surface area contributed by atoms with Crippen molar-refractivity contribution in [2.75, 3.05) is 5.75 Å². The van der Waals surface area contributed by atoms with Crippen LogP contribution in [0.25, 0.3) is 0 Å². The average Bonchev–Trinajstić information content (AvgIpc) is 3.31. The van der Waals surface area contributed by atoms with Gasteiger partial charge in [-0.2, -0.15) is 0 Å². The number of nitrogens with one attached hydrogen (secondary N) is 1. The van der Waals surface area contributed by atoms with Crippen molar-refractivity contribution in [3.8, 4) is 5.75 Å². The molecule has 150 valence electrons. The lowest BCUT2D eigenvalue weighted by molar-refractivity contribution is -0.119. The summed E-state index contributed by atoms with van der Waals surface area (Å²) in [7, 11) is 0. The number of rotatable bonds is 9. The number of halogens is 1. The largest absolute Gasteiger partial charge is 0.484 e. The number of aryl methyl sites for hydroxylation is 1. The molecule has 28 heavy (non-hydrogen) atoms. The van der Waals surface area contributed by atoms with Crippen molar-refractivity contribution < 1.29 is 9.53 Å². The van der Waals surface area contributed by atoms with Crippen LogP contribution in [-0.4, -0.2) is 32.5 Å². The quantitative estimate of drug-likeness (QED) is 0.487. The number of amides is 1. The smallest absolute Gasteiger partial charge is 0.230 e. The Balaban J connectivity index is 1.61. The van der Waals surface area contributed by atoms with Crippen LogP contribution in [0.4, 0.5) is 0 Å². The van der Waals surface area contributed by atoms with E-state index in [1.807, 2.05) is 29.7 Å². The summed E-state index contributed by atoms with van der Waals surface area (Å²) in [6.07, 6.45) is 6.31. The van der Waals surface area contributed by atoms with Gasteiger partial charge in [0, 0.05) is 12.6 Å². The lowest BCUT2D eigenvalue weighted by Gasteiger charge is -2.12. The van der Waals surface area contributed by atoms with Crippen LogP contribution in [-0.2, 0) is 17.9 Å². The molecule has 1 heterocycles. The SMILES string of the molecule is C=CCn1c(COc2cc(C)ccc2Cl)nnc1SCC(=O)NC1CCCC1. The van der Waals surface area contributed by atoms with E-state index in [-0.39, 0.29) is 12.5 Å². The first kappa shape index (κ1) is 20.7. The Bertz CT molecular complexity index is 834. The summed E-state index contributed by atoms with van der Waals surface area (Å²) in [5.74, 6) is 1.63. The Morgan fingerprint density at radius 2 is 2.21 bits per heavy atom. The third-order valence-electron chi connectivity index (χ3n) is 4.60. The number of benzene rings is 1. The Kier molecular flexibility index (Phi) is 7.39. The third kappa shape index (κ3) is 5.52. The highest BCUT2D eigenvalue weighted by atomic mass is 35.5. The molecule has 1 aliphatic rings. The molecule has 1 fully saturated rings. The van der Waals surface area contributed by atoms with Gasteiger partial charge in [-0.3, -0.25) is 9.36 Å². The van der Waals surface area contributed by atoms with Gasteiger partial charge in [0.1, 0.15) is 12.4 Å². The highest BCUT2D eigenvalue weighted by Gasteiger charge is 2.19. The molecule has 0 spiro atoms. The van der Waals surface area contributed by atoms with E-state index in [9.17, 15) is 4.79 Å². The molecule has 0 bridgehead atoms. The summed E-state index contributed by atoms with van der Waals surface area (Å²) in [6.45, 7) is 6.56. The van der Waals surface area contributed by atoms with Crippen LogP contribution in [0.5, 0.6) is 5.75 Å². The van der Waals surface area contributed by atoms with Crippen molar-refractivity contribution >= 4 is 29.3 Å². The zero-order valence-corrected chi connectivity index (χ0v) is 17.6. The van der Waals surface area contributed by atoms with E-state index in [1.54, 1.807) is 6.08 Å². The normalized spacial score (nSPS) is 14.2. The summed E-state index contributed by atoms with van der Waals surface area (Å²) in [4.78, 5) is 12.2. The van der Waals surface area contributed by atoms with Crippen LogP contribution in [0.2, 0.25) is 5.02 Å². The van der Waals surface area contributed by atoms with E-state index in [1.165, 1.54) is 24.6 Å². The van der Waals surface area contributed by atoms with Crippen LogP contribution < -0.4 is 10.1 Å². The van der Waals surface area contributed by atoms with Crippen LogP contribution in [0.1, 0.15) is 37.1 Å². The maximum Gasteiger partial charge on any atom is 0.230 e. The second kappa shape index (κ2) is 9.98. The van der Waals surface area contributed by atoms with Crippen molar-refractivity contribution in [1.29, 1.82) is 0 Å². The summed E-state index contributed by atoms with van der Waals surface area (Å²) in [5.41, 5.74) is 1.07. The highest BCUT2D eigenvalue weighted by molar-refractivity contribution is 7.99. The van der Waals surface area contributed by atoms with Crippen molar-refractivity contribution in [2.24, 2.45) is 0 Å². The van der Waals surface area contributed by atoms with Crippen molar-refractivity contribution in [3.63, 3.8) is 0 Å². The second-order valence-electron chi connectivity index (χ2n) is 6.86. The molecule has 1 aromatic heterocycles. The zero-order chi connectivity index (χ0) is 19.9. The summed E-state index contributed by atoms with van der Waals surface area (Å²) < 4.78 is 7.75. The molecular formula is C20H25ClN4O2S. The molecule has 8 heteroatoms. The van der Waals surface area contributed by atoms with Gasteiger partial charge in [0.2, 0.25) is 5.91 Å². The first-order valence-electron chi connectivity index (χ1n) is 9.41. The number of ether oxygens (including phenoxy) is 1. The number of aromatic nitrogens is 3. The number of thioether (sulfide) groups is 1. The molecule has 1 amide bonds. The summed E-state index contributed by atoms with van der Waals surface area (Å²) in [5, 5.41) is 12.8. The summed E-state index contributed by atoms with van der Waals surface area (Å²) >= 11 is 7.56.